The Kier molecular flexibility index (Phi) is 6.84. The van der Waals surface area contributed by atoms with Crippen LogP contribution >= 0.6 is 23.2 Å². The zero-order valence-electron chi connectivity index (χ0n) is 19.6. The lowest BCUT2D eigenvalue weighted by Gasteiger charge is -2.49. The van der Waals surface area contributed by atoms with E-state index in [0.29, 0.717) is 42.6 Å². The maximum Gasteiger partial charge on any atom is 0.320 e. The van der Waals surface area contributed by atoms with Crippen molar-refractivity contribution < 1.29 is 19.1 Å². The van der Waals surface area contributed by atoms with Crippen LogP contribution in [0.5, 0.6) is 5.75 Å². The van der Waals surface area contributed by atoms with E-state index in [1.165, 1.54) is 0 Å². The molecule has 0 radical (unpaired) electrons. The minimum absolute atomic E-state index is 0.0156. The second kappa shape index (κ2) is 9.88. The Balaban J connectivity index is 1.17. The van der Waals surface area contributed by atoms with Gasteiger partial charge in [-0.3, -0.25) is 4.79 Å². The first-order valence-electron chi connectivity index (χ1n) is 12.0. The number of hydrogen-bond donors (Lipinski definition) is 1. The minimum atomic E-state index is -0.408. The van der Waals surface area contributed by atoms with Crippen LogP contribution in [0.1, 0.15) is 26.2 Å². The molecule has 35 heavy (non-hydrogen) atoms. The first-order chi connectivity index (χ1) is 16.8. The third-order valence-electron chi connectivity index (χ3n) is 7.27. The van der Waals surface area contributed by atoms with Crippen molar-refractivity contribution in [3.05, 3.63) is 52.5 Å². The summed E-state index contributed by atoms with van der Waals surface area (Å²) in [7, 11) is 0. The molecule has 2 atom stereocenters. The highest BCUT2D eigenvalue weighted by molar-refractivity contribution is 6.33. The van der Waals surface area contributed by atoms with E-state index in [2.05, 4.69) is 5.32 Å². The van der Waals surface area contributed by atoms with Gasteiger partial charge in [0.15, 0.2) is 0 Å². The minimum Gasteiger partial charge on any atom is -0.490 e. The molecule has 3 fully saturated rings. The second-order valence-corrected chi connectivity index (χ2v) is 10.5. The third kappa shape index (κ3) is 5.22. The Labute approximate surface area is 215 Å². The molecule has 9 heteroatoms. The predicted molar refractivity (Wildman–Crippen MR) is 135 cm³/mol. The van der Waals surface area contributed by atoms with E-state index in [0.717, 1.165) is 29.7 Å². The molecule has 0 spiro atoms. The van der Waals surface area contributed by atoms with Gasteiger partial charge in [0.25, 0.3) is 0 Å². The van der Waals surface area contributed by atoms with Crippen molar-refractivity contribution in [1.29, 1.82) is 0 Å². The summed E-state index contributed by atoms with van der Waals surface area (Å²) in [6.07, 6.45) is 2.23. The summed E-state index contributed by atoms with van der Waals surface area (Å²) in [5, 5.41) is 4.32. The number of amides is 3. The number of halogens is 2. The summed E-state index contributed by atoms with van der Waals surface area (Å²) in [5.74, 6) is 0.633. The van der Waals surface area contributed by atoms with E-state index in [4.69, 9.17) is 32.7 Å². The van der Waals surface area contributed by atoms with Gasteiger partial charge in [-0.2, -0.15) is 0 Å². The molecule has 3 aliphatic rings. The number of nitrogens with one attached hydrogen (secondary N) is 1. The van der Waals surface area contributed by atoms with Gasteiger partial charge in [-0.05, 0) is 49.2 Å². The lowest BCUT2D eigenvalue weighted by molar-refractivity contribution is -0.156. The van der Waals surface area contributed by atoms with E-state index in [-0.39, 0.29) is 30.7 Å². The largest absolute Gasteiger partial charge is 0.490 e. The van der Waals surface area contributed by atoms with Crippen molar-refractivity contribution in [3.8, 4) is 16.9 Å². The van der Waals surface area contributed by atoms with Crippen LogP contribution < -0.4 is 10.1 Å². The Morgan fingerprint density at radius 3 is 2.57 bits per heavy atom. The number of carbonyl (C=O) groups is 2. The van der Waals surface area contributed by atoms with Crippen LogP contribution in [0.2, 0.25) is 10.0 Å². The molecule has 186 valence electrons. The monoisotopic (exact) mass is 517 g/mol. The quantitative estimate of drug-likeness (QED) is 0.645. The van der Waals surface area contributed by atoms with Crippen LogP contribution in [0.15, 0.2) is 42.5 Å². The predicted octanol–water partition coefficient (Wildman–Crippen LogP) is 4.60. The molecule has 0 bridgehead atoms. The molecule has 5 rings (SSSR count). The van der Waals surface area contributed by atoms with E-state index >= 15 is 0 Å². The number of ether oxygens (including phenoxy) is 2. The van der Waals surface area contributed by atoms with E-state index in [1.54, 1.807) is 0 Å². The smallest absolute Gasteiger partial charge is 0.320 e. The third-order valence-corrected chi connectivity index (χ3v) is 7.85. The topological polar surface area (TPSA) is 71.1 Å². The molecule has 0 unspecified atom stereocenters. The fourth-order valence-corrected chi connectivity index (χ4v) is 5.39. The number of benzene rings is 2. The molecule has 0 aliphatic carbocycles. The van der Waals surface area contributed by atoms with Crippen molar-refractivity contribution in [2.75, 3.05) is 32.8 Å². The zero-order valence-corrected chi connectivity index (χ0v) is 21.1. The SMILES string of the molecule is C[C@]12CCN(C(=O)N3CCC(Oc4ccc(Cl)c(-c5ccc(Cl)cc5)c4)CC3)C[C@H]1NC(=O)CO2. The van der Waals surface area contributed by atoms with Crippen molar-refractivity contribution in [2.24, 2.45) is 0 Å². The summed E-state index contributed by atoms with van der Waals surface area (Å²) in [4.78, 5) is 28.7. The number of hydrogen-bond acceptors (Lipinski definition) is 4. The van der Waals surface area contributed by atoms with Crippen LogP contribution in [0, 0.1) is 0 Å². The number of fused-ring (bicyclic) bond motifs is 1. The highest BCUT2D eigenvalue weighted by atomic mass is 35.5. The number of piperidine rings is 2. The highest BCUT2D eigenvalue weighted by Gasteiger charge is 2.46. The average Bonchev–Trinajstić information content (AvgIpc) is 2.86. The molecular formula is C26H29Cl2N3O4. The summed E-state index contributed by atoms with van der Waals surface area (Å²) in [5.41, 5.74) is 1.46. The summed E-state index contributed by atoms with van der Waals surface area (Å²) < 4.78 is 12.0. The fourth-order valence-electron chi connectivity index (χ4n) is 5.03. The van der Waals surface area contributed by atoms with Crippen molar-refractivity contribution in [3.63, 3.8) is 0 Å². The van der Waals surface area contributed by atoms with E-state index in [9.17, 15) is 9.59 Å². The first-order valence-corrected chi connectivity index (χ1v) is 12.8. The van der Waals surface area contributed by atoms with E-state index in [1.807, 2.05) is 59.2 Å². The molecule has 3 amide bonds. The molecule has 3 saturated heterocycles. The molecule has 0 saturated carbocycles. The summed E-state index contributed by atoms with van der Waals surface area (Å²) >= 11 is 12.4. The number of urea groups is 1. The zero-order chi connectivity index (χ0) is 24.6. The Morgan fingerprint density at radius 2 is 1.83 bits per heavy atom. The number of likely N-dealkylation sites (tertiary alicyclic amines) is 2. The van der Waals surface area contributed by atoms with Crippen LogP contribution in [0.25, 0.3) is 11.1 Å². The molecular weight excluding hydrogens is 489 g/mol. The second-order valence-electron chi connectivity index (χ2n) is 9.65. The van der Waals surface area contributed by atoms with Crippen LogP contribution in [0.3, 0.4) is 0 Å². The van der Waals surface area contributed by atoms with Gasteiger partial charge in [0.05, 0.1) is 11.6 Å². The molecule has 3 aliphatic heterocycles. The van der Waals surface area contributed by atoms with Crippen LogP contribution in [0.4, 0.5) is 4.79 Å². The van der Waals surface area contributed by atoms with Gasteiger partial charge in [0, 0.05) is 54.6 Å². The molecule has 0 aromatic heterocycles. The Morgan fingerprint density at radius 1 is 1.09 bits per heavy atom. The van der Waals surface area contributed by atoms with E-state index < -0.39 is 5.60 Å². The molecule has 2 aromatic rings. The summed E-state index contributed by atoms with van der Waals surface area (Å²) in [6, 6.07) is 13.1. The number of rotatable bonds is 3. The lowest BCUT2D eigenvalue weighted by Crippen LogP contribution is -2.67. The number of carbonyl (C=O) groups excluding carboxylic acids is 2. The van der Waals surface area contributed by atoms with Gasteiger partial charge in [0.2, 0.25) is 5.91 Å². The van der Waals surface area contributed by atoms with Crippen LogP contribution in [-0.4, -0.2) is 72.3 Å². The van der Waals surface area contributed by atoms with Gasteiger partial charge in [-0.1, -0.05) is 35.3 Å². The standard InChI is InChI=1S/C26H29Cl2N3O4/c1-26-10-13-31(15-23(26)29-24(32)16-34-26)25(33)30-11-8-19(9-12-30)35-20-6-7-22(28)21(14-20)17-2-4-18(27)5-3-17/h2-7,14,19,23H,8-13,15-16H2,1H3,(H,29,32)/t23-,26+/m1/s1. The van der Waals surface area contributed by atoms with Crippen molar-refractivity contribution in [2.45, 2.75) is 43.9 Å². The summed E-state index contributed by atoms with van der Waals surface area (Å²) in [6.45, 7) is 4.44. The maximum absolute atomic E-state index is 13.2. The highest BCUT2D eigenvalue weighted by Crippen LogP contribution is 2.34. The Bertz CT molecular complexity index is 1100. The Hall–Kier alpha value is -2.48. The van der Waals surface area contributed by atoms with Gasteiger partial charge >= 0.3 is 6.03 Å². The lowest BCUT2D eigenvalue weighted by atomic mass is 9.87. The number of nitrogens with zero attached hydrogens (tertiary/aromatic N) is 2. The molecule has 2 aromatic carbocycles. The average molecular weight is 518 g/mol. The maximum atomic E-state index is 13.2. The number of morpholine rings is 1. The van der Waals surface area contributed by atoms with Gasteiger partial charge in [-0.15, -0.1) is 0 Å². The molecule has 1 N–H and O–H groups in total. The molecule has 7 nitrogen and oxygen atoms in total. The van der Waals surface area contributed by atoms with Gasteiger partial charge in [-0.25, -0.2) is 4.79 Å². The fraction of sp³-hybridized carbons (Fsp3) is 0.462. The normalized spacial score (nSPS) is 25.1. The van der Waals surface area contributed by atoms with Gasteiger partial charge in [0.1, 0.15) is 18.5 Å². The van der Waals surface area contributed by atoms with Crippen molar-refractivity contribution >= 4 is 35.1 Å². The first kappa shape index (κ1) is 24.2. The van der Waals surface area contributed by atoms with Crippen molar-refractivity contribution in [1.82, 2.24) is 15.1 Å². The van der Waals surface area contributed by atoms with Gasteiger partial charge < -0.3 is 24.6 Å². The molecule has 3 heterocycles. The van der Waals surface area contributed by atoms with Crippen LogP contribution in [-0.2, 0) is 9.53 Å².